The van der Waals surface area contributed by atoms with Crippen LogP contribution in [0.2, 0.25) is 10.2 Å². The van der Waals surface area contributed by atoms with Crippen LogP contribution in [-0.4, -0.2) is 15.0 Å². The van der Waals surface area contributed by atoms with Gasteiger partial charge in [0, 0.05) is 28.0 Å². The molecular formula is C13H6BrCl2N3. The van der Waals surface area contributed by atoms with Crippen LogP contribution in [0.3, 0.4) is 0 Å². The molecule has 0 N–H and O–H groups in total. The van der Waals surface area contributed by atoms with Gasteiger partial charge in [0.25, 0.3) is 0 Å². The highest BCUT2D eigenvalue weighted by molar-refractivity contribution is 9.10. The number of benzene rings is 1. The Labute approximate surface area is 127 Å². The molecule has 0 atom stereocenters. The van der Waals surface area contributed by atoms with Crippen LogP contribution in [0.4, 0.5) is 0 Å². The van der Waals surface area contributed by atoms with Gasteiger partial charge < -0.3 is 0 Å². The summed E-state index contributed by atoms with van der Waals surface area (Å²) in [6, 6.07) is 7.67. The van der Waals surface area contributed by atoms with Crippen LogP contribution in [0, 0.1) is 0 Å². The molecule has 0 aliphatic rings. The van der Waals surface area contributed by atoms with Crippen LogP contribution in [0.15, 0.2) is 41.1 Å². The predicted octanol–water partition coefficient (Wildman–Crippen LogP) is 4.76. The first kappa shape index (κ1) is 12.8. The lowest BCUT2D eigenvalue weighted by Crippen LogP contribution is -1.93. The zero-order chi connectivity index (χ0) is 13.4. The first-order valence-corrected chi connectivity index (χ1v) is 6.94. The molecule has 3 rings (SSSR count). The van der Waals surface area contributed by atoms with E-state index < -0.39 is 0 Å². The monoisotopic (exact) mass is 353 g/mol. The molecule has 0 spiro atoms. The van der Waals surface area contributed by atoms with Gasteiger partial charge in [-0.25, -0.2) is 15.0 Å². The van der Waals surface area contributed by atoms with Gasteiger partial charge in [-0.15, -0.1) is 0 Å². The van der Waals surface area contributed by atoms with Gasteiger partial charge in [0.05, 0.1) is 5.02 Å². The number of fused-ring (bicyclic) bond motifs is 1. The largest absolute Gasteiger partial charge is 0.250 e. The van der Waals surface area contributed by atoms with Crippen molar-refractivity contribution in [3.8, 4) is 11.1 Å². The fourth-order valence-electron chi connectivity index (χ4n) is 1.82. The average Bonchev–Trinajstić information content (AvgIpc) is 2.41. The molecule has 0 amide bonds. The topological polar surface area (TPSA) is 38.7 Å². The molecule has 0 aliphatic heterocycles. The molecule has 19 heavy (non-hydrogen) atoms. The minimum atomic E-state index is 0.310. The fourth-order valence-corrected chi connectivity index (χ4v) is 2.95. The third-order valence-electron chi connectivity index (χ3n) is 2.66. The smallest absolute Gasteiger partial charge is 0.181 e. The first-order valence-electron chi connectivity index (χ1n) is 5.39. The third kappa shape index (κ3) is 2.20. The maximum absolute atomic E-state index is 6.41. The average molecular weight is 355 g/mol. The number of hydrogen-bond acceptors (Lipinski definition) is 3. The second-order valence-corrected chi connectivity index (χ2v) is 5.39. The van der Waals surface area contributed by atoms with Crippen molar-refractivity contribution in [2.75, 3.05) is 0 Å². The van der Waals surface area contributed by atoms with Crippen molar-refractivity contribution >= 4 is 50.3 Å². The zero-order valence-electron chi connectivity index (χ0n) is 9.44. The minimum Gasteiger partial charge on any atom is -0.250 e. The number of nitrogens with zero attached hydrogens (tertiary/aromatic N) is 3. The van der Waals surface area contributed by atoms with Gasteiger partial charge >= 0.3 is 0 Å². The Kier molecular flexibility index (Phi) is 3.39. The maximum Gasteiger partial charge on any atom is 0.181 e. The summed E-state index contributed by atoms with van der Waals surface area (Å²) in [5.74, 6) is 0. The van der Waals surface area contributed by atoms with Gasteiger partial charge in [-0.2, -0.15) is 0 Å². The number of pyridine rings is 1. The lowest BCUT2D eigenvalue weighted by molar-refractivity contribution is 1.22. The molecule has 0 unspecified atom stereocenters. The van der Waals surface area contributed by atoms with Crippen molar-refractivity contribution in [1.29, 1.82) is 0 Å². The highest BCUT2D eigenvalue weighted by Crippen LogP contribution is 2.39. The molecule has 0 fully saturated rings. The molecule has 3 nitrogen and oxygen atoms in total. The van der Waals surface area contributed by atoms with Gasteiger partial charge in [-0.05, 0) is 6.07 Å². The lowest BCUT2D eigenvalue weighted by atomic mass is 10.1. The second kappa shape index (κ2) is 5.04. The number of rotatable bonds is 1. The summed E-state index contributed by atoms with van der Waals surface area (Å²) in [5, 5.41) is 0.764. The van der Waals surface area contributed by atoms with Crippen molar-refractivity contribution in [2.24, 2.45) is 0 Å². The molecule has 0 saturated heterocycles. The number of hydrogen-bond donors (Lipinski definition) is 0. The van der Waals surface area contributed by atoms with Crippen LogP contribution in [0.1, 0.15) is 0 Å². The van der Waals surface area contributed by atoms with Crippen LogP contribution in [-0.2, 0) is 0 Å². The molecule has 2 heterocycles. The maximum atomic E-state index is 6.41. The Morgan fingerprint density at radius 1 is 1.00 bits per heavy atom. The van der Waals surface area contributed by atoms with Gasteiger partial charge in [0.1, 0.15) is 10.7 Å². The summed E-state index contributed by atoms with van der Waals surface area (Å²) in [7, 11) is 0. The molecule has 3 aromatic rings. The highest BCUT2D eigenvalue weighted by atomic mass is 79.9. The van der Waals surface area contributed by atoms with Crippen LogP contribution < -0.4 is 0 Å². The Bertz CT molecular complexity index is 777. The molecule has 0 aliphatic carbocycles. The Morgan fingerprint density at radius 3 is 2.53 bits per heavy atom. The molecule has 6 heteroatoms. The van der Waals surface area contributed by atoms with E-state index >= 15 is 0 Å². The van der Waals surface area contributed by atoms with E-state index in [0.29, 0.717) is 26.9 Å². The van der Waals surface area contributed by atoms with Crippen LogP contribution >= 0.6 is 39.1 Å². The molecule has 1 aromatic carbocycles. The summed E-state index contributed by atoms with van der Waals surface area (Å²) in [6.07, 6.45) is 3.13. The number of halogens is 3. The van der Waals surface area contributed by atoms with E-state index in [1.54, 1.807) is 12.4 Å². The Balaban J connectivity index is 2.39. The van der Waals surface area contributed by atoms with Crippen LogP contribution in [0.5, 0.6) is 0 Å². The summed E-state index contributed by atoms with van der Waals surface area (Å²) in [6.45, 7) is 0. The summed E-state index contributed by atoms with van der Waals surface area (Å²) >= 11 is 16.1. The fraction of sp³-hybridized carbons (Fsp3) is 0. The quantitative estimate of drug-likeness (QED) is 0.591. The van der Waals surface area contributed by atoms with E-state index in [1.807, 2.05) is 24.3 Å². The second-order valence-electron chi connectivity index (χ2n) is 3.80. The third-order valence-corrected chi connectivity index (χ3v) is 3.99. The van der Waals surface area contributed by atoms with E-state index in [4.69, 9.17) is 23.2 Å². The molecule has 2 aromatic heterocycles. The normalized spacial score (nSPS) is 10.9. The van der Waals surface area contributed by atoms with Gasteiger partial charge in [0.15, 0.2) is 5.65 Å². The van der Waals surface area contributed by atoms with Crippen molar-refractivity contribution in [1.82, 2.24) is 15.0 Å². The minimum absolute atomic E-state index is 0.310. The van der Waals surface area contributed by atoms with Crippen molar-refractivity contribution in [2.45, 2.75) is 0 Å². The van der Waals surface area contributed by atoms with Crippen molar-refractivity contribution < 1.29 is 0 Å². The first-order chi connectivity index (χ1) is 9.18. The Morgan fingerprint density at radius 2 is 1.74 bits per heavy atom. The molecule has 94 valence electrons. The van der Waals surface area contributed by atoms with E-state index in [0.717, 1.165) is 10.0 Å². The lowest BCUT2D eigenvalue weighted by Gasteiger charge is -2.10. The van der Waals surface area contributed by atoms with Crippen molar-refractivity contribution in [3.63, 3.8) is 0 Å². The van der Waals surface area contributed by atoms with Gasteiger partial charge in [0.2, 0.25) is 0 Å². The Hall–Kier alpha value is -1.23. The summed E-state index contributed by atoms with van der Waals surface area (Å²) in [5.41, 5.74) is 2.51. The standard InChI is InChI=1S/C13H6BrCl2N3/c14-8-4-2-1-3-7(8)9-10(15)11-13(19-12(9)16)18-6-5-17-11/h1-6H. The SMILES string of the molecule is Clc1nc2nccnc2c(Cl)c1-c1ccccc1Br. The summed E-state index contributed by atoms with van der Waals surface area (Å²) < 4.78 is 0.892. The van der Waals surface area contributed by atoms with Crippen LogP contribution in [0.25, 0.3) is 22.3 Å². The molecule has 0 bridgehead atoms. The zero-order valence-corrected chi connectivity index (χ0v) is 12.5. The summed E-state index contributed by atoms with van der Waals surface area (Å²) in [4.78, 5) is 12.6. The van der Waals surface area contributed by atoms with Crippen molar-refractivity contribution in [3.05, 3.63) is 51.3 Å². The molecule has 0 radical (unpaired) electrons. The van der Waals surface area contributed by atoms with Gasteiger partial charge in [-0.1, -0.05) is 57.3 Å². The highest BCUT2D eigenvalue weighted by Gasteiger charge is 2.17. The van der Waals surface area contributed by atoms with Gasteiger partial charge in [-0.3, -0.25) is 0 Å². The van der Waals surface area contributed by atoms with E-state index in [2.05, 4.69) is 30.9 Å². The van der Waals surface area contributed by atoms with E-state index in [9.17, 15) is 0 Å². The molecular weight excluding hydrogens is 349 g/mol. The molecule has 0 saturated carbocycles. The predicted molar refractivity (Wildman–Crippen MR) is 80.5 cm³/mol. The van der Waals surface area contributed by atoms with E-state index in [1.165, 1.54) is 0 Å². The number of aromatic nitrogens is 3. The van der Waals surface area contributed by atoms with E-state index in [-0.39, 0.29) is 0 Å².